The second-order valence-corrected chi connectivity index (χ2v) is 6.79. The van der Waals surface area contributed by atoms with Gasteiger partial charge in [0.1, 0.15) is 0 Å². The van der Waals surface area contributed by atoms with Gasteiger partial charge in [0.2, 0.25) is 5.91 Å². The molecule has 0 bridgehead atoms. The number of carbonyl (C=O) groups is 1. The summed E-state index contributed by atoms with van der Waals surface area (Å²) in [6.45, 7) is 6.53. The zero-order chi connectivity index (χ0) is 20.2. The minimum atomic E-state index is -0.790. The summed E-state index contributed by atoms with van der Waals surface area (Å²) in [5, 5.41) is 13.2. The van der Waals surface area contributed by atoms with E-state index in [-0.39, 0.29) is 5.91 Å². The van der Waals surface area contributed by atoms with Crippen LogP contribution in [0.5, 0.6) is 0 Å². The van der Waals surface area contributed by atoms with Crippen LogP contribution in [-0.4, -0.2) is 23.2 Å². The molecule has 0 aliphatic rings. The SMILES string of the molecule is CCCC=CC=CC=CCCC=CC=CC(=O)NCC(O)(CC)CCCC. The van der Waals surface area contributed by atoms with E-state index in [9.17, 15) is 9.90 Å². The van der Waals surface area contributed by atoms with Crippen LogP contribution in [0.4, 0.5) is 0 Å². The molecule has 0 spiro atoms. The fourth-order valence-electron chi connectivity index (χ4n) is 2.36. The summed E-state index contributed by atoms with van der Waals surface area (Å²) in [5.74, 6) is -0.163. The van der Waals surface area contributed by atoms with Crippen molar-refractivity contribution in [2.45, 2.75) is 77.7 Å². The molecule has 2 N–H and O–H groups in total. The molecule has 1 unspecified atom stereocenters. The quantitative estimate of drug-likeness (QED) is 0.217. The van der Waals surface area contributed by atoms with Crippen LogP contribution < -0.4 is 5.32 Å². The summed E-state index contributed by atoms with van der Waals surface area (Å²) >= 11 is 0. The van der Waals surface area contributed by atoms with Crippen molar-refractivity contribution in [1.29, 1.82) is 0 Å². The second kappa shape index (κ2) is 17.5. The van der Waals surface area contributed by atoms with Gasteiger partial charge < -0.3 is 10.4 Å². The maximum Gasteiger partial charge on any atom is 0.244 e. The van der Waals surface area contributed by atoms with E-state index in [1.807, 2.05) is 31.2 Å². The fraction of sp³-hybridized carbons (Fsp3) is 0.542. The van der Waals surface area contributed by atoms with Crippen molar-refractivity contribution < 1.29 is 9.90 Å². The Balaban J connectivity index is 3.95. The average Bonchev–Trinajstić information content (AvgIpc) is 2.68. The average molecular weight is 374 g/mol. The van der Waals surface area contributed by atoms with Crippen molar-refractivity contribution in [3.8, 4) is 0 Å². The number of rotatable bonds is 15. The van der Waals surface area contributed by atoms with Crippen molar-refractivity contribution in [3.05, 3.63) is 60.8 Å². The van der Waals surface area contributed by atoms with Crippen LogP contribution in [0.15, 0.2) is 60.8 Å². The third-order valence-corrected chi connectivity index (χ3v) is 4.30. The van der Waals surface area contributed by atoms with Gasteiger partial charge >= 0.3 is 0 Å². The summed E-state index contributed by atoms with van der Waals surface area (Å²) in [6.07, 6.45) is 27.3. The van der Waals surface area contributed by atoms with Crippen LogP contribution >= 0.6 is 0 Å². The maximum absolute atomic E-state index is 11.8. The summed E-state index contributed by atoms with van der Waals surface area (Å²) in [4.78, 5) is 11.8. The molecule has 0 rings (SSSR count). The molecule has 0 aromatic rings. The molecule has 27 heavy (non-hydrogen) atoms. The van der Waals surface area contributed by atoms with E-state index in [4.69, 9.17) is 0 Å². The zero-order valence-electron chi connectivity index (χ0n) is 17.5. The van der Waals surface area contributed by atoms with Crippen molar-refractivity contribution in [2.24, 2.45) is 0 Å². The molecule has 0 aromatic carbocycles. The lowest BCUT2D eigenvalue weighted by Crippen LogP contribution is -2.42. The van der Waals surface area contributed by atoms with Gasteiger partial charge in [0.25, 0.3) is 0 Å². The summed E-state index contributed by atoms with van der Waals surface area (Å²) < 4.78 is 0. The van der Waals surface area contributed by atoms with E-state index in [0.29, 0.717) is 13.0 Å². The molecule has 0 aliphatic heterocycles. The first-order chi connectivity index (χ1) is 13.1. The zero-order valence-corrected chi connectivity index (χ0v) is 17.5. The van der Waals surface area contributed by atoms with Gasteiger partial charge in [0, 0.05) is 12.6 Å². The number of amides is 1. The first-order valence-corrected chi connectivity index (χ1v) is 10.4. The number of hydrogen-bond donors (Lipinski definition) is 2. The van der Waals surface area contributed by atoms with Gasteiger partial charge in [0.15, 0.2) is 0 Å². The number of nitrogens with one attached hydrogen (secondary N) is 1. The molecule has 1 amide bonds. The number of aliphatic hydroxyl groups is 1. The predicted octanol–water partition coefficient (Wildman–Crippen LogP) is 5.80. The highest BCUT2D eigenvalue weighted by Gasteiger charge is 2.23. The fourth-order valence-corrected chi connectivity index (χ4v) is 2.36. The molecule has 152 valence electrons. The molecule has 0 fully saturated rings. The van der Waals surface area contributed by atoms with E-state index < -0.39 is 5.60 Å². The van der Waals surface area contributed by atoms with Gasteiger partial charge in [-0.1, -0.05) is 94.7 Å². The smallest absolute Gasteiger partial charge is 0.244 e. The second-order valence-electron chi connectivity index (χ2n) is 6.79. The Labute approximate surface area is 166 Å². The Morgan fingerprint density at radius 3 is 2.00 bits per heavy atom. The Morgan fingerprint density at radius 1 is 0.852 bits per heavy atom. The van der Waals surface area contributed by atoms with Gasteiger partial charge in [0.05, 0.1) is 5.60 Å². The Kier molecular flexibility index (Phi) is 16.3. The van der Waals surface area contributed by atoms with E-state index >= 15 is 0 Å². The lowest BCUT2D eigenvalue weighted by molar-refractivity contribution is -0.117. The molecule has 0 radical (unpaired) electrons. The van der Waals surface area contributed by atoms with Crippen molar-refractivity contribution >= 4 is 5.91 Å². The molecule has 0 saturated heterocycles. The standard InChI is InChI=1S/C24H39NO2/c1-4-7-9-10-11-12-13-14-15-16-17-18-19-20-23(26)25-22-24(27,6-3)21-8-5-2/h9-14,17-20,27H,4-8,15-16,21-22H2,1-3H3,(H,25,26). The van der Waals surface area contributed by atoms with E-state index in [2.05, 4.69) is 43.5 Å². The molecule has 0 aliphatic carbocycles. The van der Waals surface area contributed by atoms with Crippen molar-refractivity contribution in [1.82, 2.24) is 5.32 Å². The van der Waals surface area contributed by atoms with Gasteiger partial charge in [-0.15, -0.1) is 0 Å². The molecule has 1 atom stereocenters. The van der Waals surface area contributed by atoms with Crippen LogP contribution in [0.3, 0.4) is 0 Å². The lowest BCUT2D eigenvalue weighted by Gasteiger charge is -2.26. The summed E-state index contributed by atoms with van der Waals surface area (Å²) in [6, 6.07) is 0. The minimum absolute atomic E-state index is 0.163. The van der Waals surface area contributed by atoms with Crippen LogP contribution in [0.2, 0.25) is 0 Å². The third kappa shape index (κ3) is 16.1. The first kappa shape index (κ1) is 25.1. The number of allylic oxidation sites excluding steroid dienone is 9. The largest absolute Gasteiger partial charge is 0.388 e. The molecule has 0 aromatic heterocycles. The lowest BCUT2D eigenvalue weighted by atomic mass is 9.94. The van der Waals surface area contributed by atoms with E-state index in [1.165, 1.54) is 12.5 Å². The first-order valence-electron chi connectivity index (χ1n) is 10.4. The molecule has 3 heteroatoms. The Bertz CT molecular complexity index is 514. The van der Waals surface area contributed by atoms with E-state index in [1.54, 1.807) is 6.08 Å². The molecular weight excluding hydrogens is 334 g/mol. The molecule has 3 nitrogen and oxygen atoms in total. The normalized spacial score (nSPS) is 15.0. The highest BCUT2D eigenvalue weighted by Crippen LogP contribution is 2.17. The third-order valence-electron chi connectivity index (χ3n) is 4.30. The highest BCUT2D eigenvalue weighted by molar-refractivity contribution is 5.87. The molecular formula is C24H39NO2. The Morgan fingerprint density at radius 2 is 1.44 bits per heavy atom. The molecule has 0 heterocycles. The van der Waals surface area contributed by atoms with Crippen LogP contribution in [0.1, 0.15) is 72.1 Å². The van der Waals surface area contributed by atoms with E-state index in [0.717, 1.165) is 38.5 Å². The van der Waals surface area contributed by atoms with Crippen LogP contribution in [-0.2, 0) is 4.79 Å². The highest BCUT2D eigenvalue weighted by atomic mass is 16.3. The number of hydrogen-bond acceptors (Lipinski definition) is 2. The van der Waals surface area contributed by atoms with Crippen LogP contribution in [0.25, 0.3) is 0 Å². The van der Waals surface area contributed by atoms with Gasteiger partial charge in [-0.3, -0.25) is 4.79 Å². The van der Waals surface area contributed by atoms with Crippen molar-refractivity contribution in [2.75, 3.05) is 6.54 Å². The minimum Gasteiger partial charge on any atom is -0.388 e. The summed E-state index contributed by atoms with van der Waals surface area (Å²) in [5.41, 5.74) is -0.790. The van der Waals surface area contributed by atoms with Crippen molar-refractivity contribution in [3.63, 3.8) is 0 Å². The maximum atomic E-state index is 11.8. The predicted molar refractivity (Wildman–Crippen MR) is 118 cm³/mol. The number of carbonyl (C=O) groups excluding carboxylic acids is 1. The monoisotopic (exact) mass is 373 g/mol. The van der Waals surface area contributed by atoms with Gasteiger partial charge in [-0.2, -0.15) is 0 Å². The topological polar surface area (TPSA) is 49.3 Å². The van der Waals surface area contributed by atoms with Crippen LogP contribution in [0, 0.1) is 0 Å². The van der Waals surface area contributed by atoms with Gasteiger partial charge in [-0.05, 0) is 32.1 Å². The van der Waals surface area contributed by atoms with Gasteiger partial charge in [-0.25, -0.2) is 0 Å². The Hall–Kier alpha value is -1.87. The molecule has 0 saturated carbocycles. The summed E-state index contributed by atoms with van der Waals surface area (Å²) in [7, 11) is 0. The number of unbranched alkanes of at least 4 members (excludes halogenated alkanes) is 3.